The molecule has 5 nitrogen and oxygen atoms in total. The molecule has 1 heterocycles. The standard InChI is InChI=1S/C24H25NO4/c1-6-16-10-11-18(28-17-9-7-8-15(12-17)14-25)13-19(16)20-21(26)23(2,3)29-24(4,5)22(20)27/h7-13,20H,6H2,1-5H3. The van der Waals surface area contributed by atoms with Gasteiger partial charge in [0.2, 0.25) is 0 Å². The van der Waals surface area contributed by atoms with Gasteiger partial charge in [0.1, 0.15) is 28.6 Å². The lowest BCUT2D eigenvalue weighted by Gasteiger charge is -2.43. The molecule has 0 bridgehead atoms. The molecule has 0 saturated carbocycles. The minimum absolute atomic E-state index is 0.250. The highest BCUT2D eigenvalue weighted by Gasteiger charge is 2.53. The van der Waals surface area contributed by atoms with E-state index in [4.69, 9.17) is 14.7 Å². The van der Waals surface area contributed by atoms with E-state index in [1.165, 1.54) is 0 Å². The van der Waals surface area contributed by atoms with Crippen molar-refractivity contribution < 1.29 is 19.1 Å². The Morgan fingerprint density at radius 3 is 2.21 bits per heavy atom. The Hall–Kier alpha value is -2.97. The predicted molar refractivity (Wildman–Crippen MR) is 109 cm³/mol. The second-order valence-corrected chi connectivity index (χ2v) is 8.24. The smallest absolute Gasteiger partial charge is 0.179 e. The van der Waals surface area contributed by atoms with E-state index in [9.17, 15) is 9.59 Å². The van der Waals surface area contributed by atoms with Crippen molar-refractivity contribution in [3.8, 4) is 17.6 Å². The molecule has 0 aromatic heterocycles. The van der Waals surface area contributed by atoms with Gasteiger partial charge in [-0.3, -0.25) is 9.59 Å². The Balaban J connectivity index is 2.06. The van der Waals surface area contributed by atoms with Crippen LogP contribution in [-0.2, 0) is 20.7 Å². The first kappa shape index (κ1) is 20.8. The molecule has 0 aliphatic carbocycles. The molecule has 29 heavy (non-hydrogen) atoms. The van der Waals surface area contributed by atoms with Gasteiger partial charge in [-0.2, -0.15) is 5.26 Å². The third-order valence-corrected chi connectivity index (χ3v) is 5.23. The minimum Gasteiger partial charge on any atom is -0.457 e. The zero-order valence-electron chi connectivity index (χ0n) is 17.4. The highest BCUT2D eigenvalue weighted by Crippen LogP contribution is 2.40. The molecule has 2 aromatic rings. The number of benzene rings is 2. The summed E-state index contributed by atoms with van der Waals surface area (Å²) in [4.78, 5) is 26.3. The fraction of sp³-hybridized carbons (Fsp3) is 0.375. The van der Waals surface area contributed by atoms with Crippen LogP contribution in [0.4, 0.5) is 0 Å². The van der Waals surface area contributed by atoms with Crippen molar-refractivity contribution in [3.05, 3.63) is 59.2 Å². The van der Waals surface area contributed by atoms with E-state index in [1.54, 1.807) is 58.0 Å². The zero-order chi connectivity index (χ0) is 21.4. The number of ether oxygens (including phenoxy) is 2. The topological polar surface area (TPSA) is 76.4 Å². The Bertz CT molecular complexity index is 988. The summed E-state index contributed by atoms with van der Waals surface area (Å²) >= 11 is 0. The van der Waals surface area contributed by atoms with Crippen molar-refractivity contribution in [2.75, 3.05) is 0 Å². The summed E-state index contributed by atoms with van der Waals surface area (Å²) in [6, 6.07) is 14.4. The molecule has 0 spiro atoms. The largest absolute Gasteiger partial charge is 0.457 e. The van der Waals surface area contributed by atoms with Crippen LogP contribution in [-0.4, -0.2) is 22.8 Å². The van der Waals surface area contributed by atoms with Gasteiger partial charge in [-0.15, -0.1) is 0 Å². The Morgan fingerprint density at radius 1 is 1.00 bits per heavy atom. The fourth-order valence-corrected chi connectivity index (χ4v) is 3.83. The summed E-state index contributed by atoms with van der Waals surface area (Å²) in [7, 11) is 0. The van der Waals surface area contributed by atoms with Gasteiger partial charge < -0.3 is 9.47 Å². The van der Waals surface area contributed by atoms with Crippen LogP contribution in [0.3, 0.4) is 0 Å². The lowest BCUT2D eigenvalue weighted by atomic mass is 9.73. The fourth-order valence-electron chi connectivity index (χ4n) is 3.83. The van der Waals surface area contributed by atoms with E-state index in [1.807, 2.05) is 19.1 Å². The van der Waals surface area contributed by atoms with Gasteiger partial charge in [-0.1, -0.05) is 19.1 Å². The first-order chi connectivity index (χ1) is 13.6. The number of nitrogens with zero attached hydrogens (tertiary/aromatic N) is 1. The number of aryl methyl sites for hydroxylation is 1. The number of hydrogen-bond donors (Lipinski definition) is 0. The number of nitriles is 1. The highest BCUT2D eigenvalue weighted by molar-refractivity contribution is 6.15. The molecule has 2 aromatic carbocycles. The molecule has 3 rings (SSSR count). The molecule has 5 heteroatoms. The molecule has 1 fully saturated rings. The number of hydrogen-bond acceptors (Lipinski definition) is 5. The number of carbonyl (C=O) groups excluding carboxylic acids is 2. The molecule has 1 saturated heterocycles. The van der Waals surface area contributed by atoms with Gasteiger partial charge in [0.05, 0.1) is 11.6 Å². The van der Waals surface area contributed by atoms with Gasteiger partial charge in [0, 0.05) is 0 Å². The quantitative estimate of drug-likeness (QED) is 0.705. The maximum Gasteiger partial charge on any atom is 0.179 e. The van der Waals surface area contributed by atoms with Crippen LogP contribution < -0.4 is 4.74 Å². The van der Waals surface area contributed by atoms with Gasteiger partial charge in [-0.25, -0.2) is 0 Å². The van der Waals surface area contributed by atoms with Gasteiger partial charge >= 0.3 is 0 Å². The van der Waals surface area contributed by atoms with Crippen molar-refractivity contribution in [2.24, 2.45) is 0 Å². The summed E-state index contributed by atoms with van der Waals surface area (Å²) in [5.41, 5.74) is -0.0636. The third-order valence-electron chi connectivity index (χ3n) is 5.23. The molecule has 0 N–H and O–H groups in total. The maximum absolute atomic E-state index is 13.1. The molecule has 0 amide bonds. The minimum atomic E-state index is -1.06. The van der Waals surface area contributed by atoms with Gasteiger partial charge in [-0.05, 0) is 75.6 Å². The lowest BCUT2D eigenvalue weighted by molar-refractivity contribution is -0.184. The number of Topliss-reactive ketones (excluding diaryl/α,β-unsaturated/α-hetero) is 2. The van der Waals surface area contributed by atoms with E-state index >= 15 is 0 Å². The molecule has 0 atom stereocenters. The van der Waals surface area contributed by atoms with Crippen LogP contribution >= 0.6 is 0 Å². The summed E-state index contributed by atoms with van der Waals surface area (Å²) in [6.07, 6.45) is 0.679. The molecule has 1 aliphatic heterocycles. The first-order valence-electron chi connectivity index (χ1n) is 9.68. The number of carbonyl (C=O) groups is 2. The van der Waals surface area contributed by atoms with E-state index in [2.05, 4.69) is 6.07 Å². The zero-order valence-corrected chi connectivity index (χ0v) is 17.4. The second-order valence-electron chi connectivity index (χ2n) is 8.24. The van der Waals surface area contributed by atoms with Crippen molar-refractivity contribution in [1.82, 2.24) is 0 Å². The third kappa shape index (κ3) is 3.94. The molecule has 0 unspecified atom stereocenters. The van der Waals surface area contributed by atoms with Crippen LogP contribution in [0.2, 0.25) is 0 Å². The molecule has 1 aliphatic rings. The Morgan fingerprint density at radius 2 is 1.62 bits per heavy atom. The van der Waals surface area contributed by atoms with Gasteiger partial charge in [0.25, 0.3) is 0 Å². The Labute approximate surface area is 171 Å². The maximum atomic E-state index is 13.1. The lowest BCUT2D eigenvalue weighted by Crippen LogP contribution is -2.58. The predicted octanol–water partition coefficient (Wildman–Crippen LogP) is 4.72. The average Bonchev–Trinajstić information content (AvgIpc) is 2.66. The molecule has 0 radical (unpaired) electrons. The molecule has 150 valence electrons. The van der Waals surface area contributed by atoms with E-state index < -0.39 is 17.1 Å². The van der Waals surface area contributed by atoms with Crippen LogP contribution in [0.1, 0.15) is 57.2 Å². The first-order valence-corrected chi connectivity index (χ1v) is 9.68. The van der Waals surface area contributed by atoms with Gasteiger partial charge in [0.15, 0.2) is 11.6 Å². The highest BCUT2D eigenvalue weighted by atomic mass is 16.5. The summed E-state index contributed by atoms with van der Waals surface area (Å²) in [6.45, 7) is 8.80. The van der Waals surface area contributed by atoms with Crippen LogP contribution in [0.5, 0.6) is 11.5 Å². The summed E-state index contributed by atoms with van der Waals surface area (Å²) < 4.78 is 11.7. The van der Waals surface area contributed by atoms with Crippen molar-refractivity contribution in [3.63, 3.8) is 0 Å². The summed E-state index contributed by atoms with van der Waals surface area (Å²) in [5, 5.41) is 9.07. The summed E-state index contributed by atoms with van der Waals surface area (Å²) in [5.74, 6) is -0.377. The second kappa shape index (κ2) is 7.46. The van der Waals surface area contributed by atoms with Crippen molar-refractivity contribution in [2.45, 2.75) is 58.2 Å². The monoisotopic (exact) mass is 391 g/mol. The van der Waals surface area contributed by atoms with Crippen LogP contribution in [0.15, 0.2) is 42.5 Å². The van der Waals surface area contributed by atoms with E-state index in [0.29, 0.717) is 29.0 Å². The van der Waals surface area contributed by atoms with Crippen molar-refractivity contribution in [1.29, 1.82) is 5.26 Å². The van der Waals surface area contributed by atoms with E-state index in [-0.39, 0.29) is 11.6 Å². The normalized spacial score (nSPS) is 18.3. The molecular weight excluding hydrogens is 366 g/mol. The number of rotatable bonds is 4. The molecular formula is C24H25NO4. The average molecular weight is 391 g/mol. The Kier molecular flexibility index (Phi) is 5.34. The van der Waals surface area contributed by atoms with Crippen molar-refractivity contribution >= 4 is 11.6 Å². The van der Waals surface area contributed by atoms with Crippen LogP contribution in [0.25, 0.3) is 0 Å². The van der Waals surface area contributed by atoms with Crippen LogP contribution in [0, 0.1) is 11.3 Å². The van der Waals surface area contributed by atoms with E-state index in [0.717, 1.165) is 5.56 Å². The SMILES string of the molecule is CCc1ccc(Oc2cccc(C#N)c2)cc1C1C(=O)C(C)(C)OC(C)(C)C1=O. The number of ketones is 2.